The Hall–Kier alpha value is -5.92. The maximum Gasteiger partial charge on any atom is 0.333 e. The molecular formula is C57H67N3O10. The van der Waals surface area contributed by atoms with E-state index in [1.54, 1.807) is 17.9 Å². The zero-order chi connectivity index (χ0) is 50.2. The molecule has 13 nitrogen and oxygen atoms in total. The lowest BCUT2D eigenvalue weighted by molar-refractivity contribution is -0.212. The summed E-state index contributed by atoms with van der Waals surface area (Å²) >= 11 is 0. The number of nitrogens with zero attached hydrogens (tertiary/aromatic N) is 3. The number of hydrogen-bond acceptors (Lipinski definition) is 12. The number of piperazine rings is 1. The number of aliphatic hydroxyl groups is 1. The first kappa shape index (κ1) is 49.1. The second-order valence-electron chi connectivity index (χ2n) is 21.5. The van der Waals surface area contributed by atoms with Crippen LogP contribution in [0.2, 0.25) is 0 Å². The van der Waals surface area contributed by atoms with Crippen LogP contribution < -0.4 is 14.2 Å². The number of methoxy groups -OCH3 is 1. The normalized spacial score (nSPS) is 28.1. The van der Waals surface area contributed by atoms with E-state index in [0.717, 1.165) is 25.1 Å². The highest BCUT2D eigenvalue weighted by Gasteiger charge is 2.78. The molecule has 2 aromatic rings. The lowest BCUT2D eigenvalue weighted by Crippen LogP contribution is -2.79. The van der Waals surface area contributed by atoms with E-state index in [4.69, 9.17) is 23.9 Å². The minimum atomic E-state index is -2.26. The van der Waals surface area contributed by atoms with E-state index >= 15 is 4.79 Å². The maximum absolute atomic E-state index is 15.6. The molecule has 0 aromatic heterocycles. The lowest BCUT2D eigenvalue weighted by Gasteiger charge is -2.66. The first-order chi connectivity index (χ1) is 33.2. The second kappa shape index (κ2) is 18.4. The van der Waals surface area contributed by atoms with E-state index in [1.807, 2.05) is 72.0 Å². The van der Waals surface area contributed by atoms with Crippen molar-refractivity contribution < 1.29 is 48.0 Å². The quantitative estimate of drug-likeness (QED) is 0.0888. The van der Waals surface area contributed by atoms with Crippen LogP contribution in [-0.4, -0.2) is 107 Å². The molecular weight excluding hydrogens is 887 g/mol. The number of likely N-dealkylation sites (N-methyl/N-ethyl adjacent to an activating group) is 1. The lowest BCUT2D eigenvalue weighted by atomic mass is 9.42. The van der Waals surface area contributed by atoms with Crippen LogP contribution in [0.5, 0.6) is 17.2 Å². The Kier molecular flexibility index (Phi) is 12.9. The maximum atomic E-state index is 15.6. The van der Waals surface area contributed by atoms with E-state index in [-0.39, 0.29) is 53.9 Å². The zero-order valence-electron chi connectivity index (χ0n) is 42.3. The van der Waals surface area contributed by atoms with Gasteiger partial charge in [-0.1, -0.05) is 67.5 Å². The van der Waals surface area contributed by atoms with Gasteiger partial charge in [-0.3, -0.25) is 24.2 Å². The van der Waals surface area contributed by atoms with Crippen molar-refractivity contribution in [3.05, 3.63) is 98.7 Å². The van der Waals surface area contributed by atoms with Gasteiger partial charge in [0.15, 0.2) is 28.5 Å². The third-order valence-electron chi connectivity index (χ3n) is 15.9. The van der Waals surface area contributed by atoms with Crippen molar-refractivity contribution in [1.29, 1.82) is 0 Å². The Morgan fingerprint density at radius 3 is 2.31 bits per heavy atom. The number of ketones is 2. The van der Waals surface area contributed by atoms with Crippen LogP contribution in [0.15, 0.2) is 75.9 Å². The predicted octanol–water partition coefficient (Wildman–Crippen LogP) is 8.45. The molecule has 1 spiro atoms. The number of esters is 2. The number of allylic oxidation sites excluding steroid dienone is 4. The largest absolute Gasteiger partial charge is 0.482 e. The summed E-state index contributed by atoms with van der Waals surface area (Å²) in [6.07, 6.45) is 11.1. The van der Waals surface area contributed by atoms with Crippen molar-refractivity contribution in [3.63, 3.8) is 0 Å². The van der Waals surface area contributed by atoms with Crippen LogP contribution in [0.1, 0.15) is 127 Å². The van der Waals surface area contributed by atoms with Crippen molar-refractivity contribution >= 4 is 46.9 Å². The molecule has 3 saturated carbocycles. The second-order valence-corrected chi connectivity index (χ2v) is 21.5. The first-order valence-corrected chi connectivity index (χ1v) is 25.0. The molecule has 4 fully saturated rings. The van der Waals surface area contributed by atoms with Crippen molar-refractivity contribution in [1.82, 2.24) is 9.80 Å². The van der Waals surface area contributed by atoms with E-state index < -0.39 is 58.2 Å². The average molecular weight is 954 g/mol. The van der Waals surface area contributed by atoms with Crippen LogP contribution in [0.3, 0.4) is 0 Å². The SMILES string of the molecule is COC(=O)/C(C)=C\CC1(O)C(=O)C2CC(C(C)C)C13Oc1c(CC=C(C)C)c4c(c(OC(=O)CCC(=O)N5CCN(C)CC5)c1C1=C3C2C2C(=O)c3ccccc3C2=N1)C=CC(C)(CCC=C(C)C)O4. The first-order valence-electron chi connectivity index (χ1n) is 25.0. The fourth-order valence-electron chi connectivity index (χ4n) is 12.2. The monoisotopic (exact) mass is 953 g/mol. The van der Waals surface area contributed by atoms with E-state index in [0.29, 0.717) is 82.9 Å². The summed E-state index contributed by atoms with van der Waals surface area (Å²) in [5.74, 6) is -4.32. The summed E-state index contributed by atoms with van der Waals surface area (Å²) in [5.41, 5.74) is 1.53. The molecule has 370 valence electrons. The van der Waals surface area contributed by atoms with Crippen LogP contribution in [0.4, 0.5) is 0 Å². The molecule has 1 amide bonds. The number of benzene rings is 2. The van der Waals surface area contributed by atoms with Crippen LogP contribution in [-0.2, 0) is 30.3 Å². The van der Waals surface area contributed by atoms with Crippen LogP contribution in [0, 0.1) is 29.6 Å². The van der Waals surface area contributed by atoms with Gasteiger partial charge >= 0.3 is 11.9 Å². The molecule has 4 aliphatic heterocycles. The number of carbonyl (C=O) groups excluding carboxylic acids is 5. The molecule has 70 heavy (non-hydrogen) atoms. The fraction of sp³-hybridized carbons (Fsp3) is 0.509. The third kappa shape index (κ3) is 7.91. The molecule has 13 heteroatoms. The highest BCUT2D eigenvalue weighted by Crippen LogP contribution is 2.70. The number of Topliss-reactive ketones (excluding diaryl/α,β-unsaturated/α-hetero) is 2. The van der Waals surface area contributed by atoms with Crippen molar-refractivity contribution in [2.75, 3.05) is 40.3 Å². The van der Waals surface area contributed by atoms with Gasteiger partial charge in [-0.25, -0.2) is 4.79 Å². The number of rotatable bonds is 13. The van der Waals surface area contributed by atoms with Crippen LogP contribution >= 0.6 is 0 Å². The number of hydrogen-bond donors (Lipinski definition) is 1. The highest BCUT2D eigenvalue weighted by atomic mass is 16.6. The molecule has 7 unspecified atom stereocenters. The summed E-state index contributed by atoms with van der Waals surface area (Å²) < 4.78 is 26.6. The van der Waals surface area contributed by atoms with Gasteiger partial charge < -0.3 is 33.9 Å². The Morgan fingerprint density at radius 1 is 0.943 bits per heavy atom. The number of fused-ring (bicyclic) bond motifs is 8. The fourth-order valence-corrected chi connectivity index (χ4v) is 12.2. The topological polar surface area (TPSA) is 161 Å². The van der Waals surface area contributed by atoms with Crippen molar-refractivity contribution in [3.8, 4) is 17.2 Å². The minimum Gasteiger partial charge on any atom is -0.482 e. The van der Waals surface area contributed by atoms with Gasteiger partial charge in [-0.15, -0.1) is 0 Å². The standard InChI is InChI=1S/C57H67N3O10/c1-31(2)14-13-23-55(8)24-22-38-50(69-55)37(18-17-32(3)4)52-45(51(38)68-42(62)20-19-41(61)60-28-26-59(9)27-29-60)48-46-43(44-47(58-48)35-15-11-12-16-36(35)49(44)63)39-30-40(33(5)6)57(46,70-52)56(66,53(39)64)25-21-34(7)54(65)67-10/h11-12,14-17,21-22,24,33,39-40,43-44,66H,13,18-20,23,25-30H2,1-10H3/b34-21-. The molecule has 2 bridgehead atoms. The van der Waals surface area contributed by atoms with Gasteiger partial charge in [0.25, 0.3) is 0 Å². The summed E-state index contributed by atoms with van der Waals surface area (Å²) in [6, 6.07) is 7.35. The third-order valence-corrected chi connectivity index (χ3v) is 15.9. The molecule has 8 aliphatic rings. The van der Waals surface area contributed by atoms with Crippen molar-refractivity contribution in [2.24, 2.45) is 34.6 Å². The summed E-state index contributed by atoms with van der Waals surface area (Å²) in [7, 11) is 3.30. The molecule has 0 radical (unpaired) electrons. The van der Waals surface area contributed by atoms with Gasteiger partial charge in [-0.2, -0.15) is 0 Å². The van der Waals surface area contributed by atoms with Gasteiger partial charge in [0.2, 0.25) is 5.91 Å². The summed E-state index contributed by atoms with van der Waals surface area (Å²) in [6.45, 7) is 18.4. The molecule has 1 saturated heterocycles. The Morgan fingerprint density at radius 2 is 1.64 bits per heavy atom. The summed E-state index contributed by atoms with van der Waals surface area (Å²) in [4.78, 5) is 80.8. The Labute approximate surface area is 411 Å². The molecule has 7 atom stereocenters. The van der Waals surface area contributed by atoms with Gasteiger partial charge in [0.1, 0.15) is 17.1 Å². The molecule has 10 rings (SSSR count). The molecule has 4 aliphatic carbocycles. The van der Waals surface area contributed by atoms with Crippen molar-refractivity contribution in [2.45, 2.75) is 117 Å². The minimum absolute atomic E-state index is 0.0513. The number of carbonyl (C=O) groups is 5. The van der Waals surface area contributed by atoms with E-state index in [2.05, 4.69) is 30.9 Å². The molecule has 1 N–H and O–H groups in total. The Bertz CT molecular complexity index is 2780. The van der Waals surface area contributed by atoms with E-state index in [9.17, 15) is 24.3 Å². The number of ether oxygens (including phenoxy) is 4. The average Bonchev–Trinajstić information content (AvgIpc) is 3.61. The number of amides is 1. The highest BCUT2D eigenvalue weighted by molar-refractivity contribution is 6.31. The molecule has 2 aromatic carbocycles. The van der Waals surface area contributed by atoms with Gasteiger partial charge in [0, 0.05) is 84.6 Å². The zero-order valence-corrected chi connectivity index (χ0v) is 42.3. The number of aliphatic imine (C=N–C) groups is 1. The predicted molar refractivity (Wildman–Crippen MR) is 267 cm³/mol. The summed E-state index contributed by atoms with van der Waals surface area (Å²) in [5, 5.41) is 13.7. The van der Waals surface area contributed by atoms with Gasteiger partial charge in [-0.05, 0) is 92.3 Å². The molecule has 4 heterocycles. The Balaban J connectivity index is 1.33. The smallest absolute Gasteiger partial charge is 0.333 e. The van der Waals surface area contributed by atoms with Gasteiger partial charge in [0.05, 0.1) is 42.0 Å². The van der Waals surface area contributed by atoms with Crippen LogP contribution in [0.25, 0.3) is 11.8 Å². The van der Waals surface area contributed by atoms with E-state index in [1.165, 1.54) is 18.8 Å².